The highest BCUT2D eigenvalue weighted by atomic mass is 35.5. The van der Waals surface area contributed by atoms with Crippen LogP contribution in [0.5, 0.6) is 5.75 Å². The molecule has 0 spiro atoms. The summed E-state index contributed by atoms with van der Waals surface area (Å²) < 4.78 is 33.1. The fourth-order valence-corrected chi connectivity index (χ4v) is 4.89. The summed E-state index contributed by atoms with van der Waals surface area (Å²) in [5, 5.41) is 3.36. The Kier molecular flexibility index (Phi) is 8.00. The second-order valence-corrected chi connectivity index (χ2v) is 9.85. The van der Waals surface area contributed by atoms with Crippen molar-refractivity contribution in [1.82, 2.24) is 5.32 Å². The summed E-state index contributed by atoms with van der Waals surface area (Å²) in [4.78, 5) is 13.0. The van der Waals surface area contributed by atoms with Crippen LogP contribution in [0.1, 0.15) is 31.0 Å². The van der Waals surface area contributed by atoms with Crippen LogP contribution >= 0.6 is 11.6 Å². The molecule has 3 aromatic rings. The molecule has 0 aliphatic heterocycles. The highest BCUT2D eigenvalue weighted by Gasteiger charge is 2.28. The van der Waals surface area contributed by atoms with Crippen molar-refractivity contribution >= 4 is 33.2 Å². The largest absolute Gasteiger partial charge is 0.497 e. The molecule has 0 aliphatic rings. The van der Waals surface area contributed by atoms with E-state index in [0.717, 1.165) is 16.3 Å². The van der Waals surface area contributed by atoms with Crippen molar-refractivity contribution in [2.45, 2.75) is 31.2 Å². The van der Waals surface area contributed by atoms with Gasteiger partial charge in [0, 0.05) is 5.02 Å². The number of hydrogen-bond donors (Lipinski definition) is 1. The van der Waals surface area contributed by atoms with Gasteiger partial charge >= 0.3 is 0 Å². The number of anilines is 1. The van der Waals surface area contributed by atoms with E-state index >= 15 is 0 Å². The van der Waals surface area contributed by atoms with Crippen LogP contribution in [0.4, 0.5) is 5.69 Å². The number of rotatable bonds is 9. The van der Waals surface area contributed by atoms with E-state index in [1.807, 2.05) is 31.2 Å². The van der Waals surface area contributed by atoms with Gasteiger partial charge in [0.05, 0.1) is 23.7 Å². The van der Waals surface area contributed by atoms with Gasteiger partial charge in [0.2, 0.25) is 5.91 Å². The highest BCUT2D eigenvalue weighted by Crippen LogP contribution is 2.26. The minimum atomic E-state index is -4.02. The first kappa shape index (κ1) is 24.6. The van der Waals surface area contributed by atoms with E-state index in [0.29, 0.717) is 16.5 Å². The summed E-state index contributed by atoms with van der Waals surface area (Å²) in [7, 11) is -2.52. The zero-order chi connectivity index (χ0) is 24.0. The zero-order valence-corrected chi connectivity index (χ0v) is 20.4. The molecule has 8 heteroatoms. The van der Waals surface area contributed by atoms with Gasteiger partial charge in [0.25, 0.3) is 10.0 Å². The number of hydrogen-bond acceptors (Lipinski definition) is 4. The average molecular weight is 487 g/mol. The van der Waals surface area contributed by atoms with Crippen LogP contribution < -0.4 is 14.4 Å². The highest BCUT2D eigenvalue weighted by molar-refractivity contribution is 7.92. The topological polar surface area (TPSA) is 75.7 Å². The van der Waals surface area contributed by atoms with Crippen LogP contribution in [0, 0.1) is 0 Å². The number of nitrogens with zero attached hydrogens (tertiary/aromatic N) is 1. The SMILES string of the molecule is CCc1ccc(C(C)NC(=O)CN(c2ccc(Cl)cc2)S(=O)(=O)c2ccc(OC)cc2)cc1. The van der Waals surface area contributed by atoms with Gasteiger partial charge in [-0.15, -0.1) is 0 Å². The van der Waals surface area contributed by atoms with E-state index in [4.69, 9.17) is 16.3 Å². The minimum absolute atomic E-state index is 0.0502. The number of benzene rings is 3. The third-order valence-corrected chi connectivity index (χ3v) is 7.35. The van der Waals surface area contributed by atoms with Crippen LogP contribution in [0.2, 0.25) is 5.02 Å². The van der Waals surface area contributed by atoms with Gasteiger partial charge in [-0.2, -0.15) is 0 Å². The summed E-state index contributed by atoms with van der Waals surface area (Å²) in [6.45, 7) is 3.56. The van der Waals surface area contributed by atoms with Crippen molar-refractivity contribution < 1.29 is 17.9 Å². The van der Waals surface area contributed by atoms with Crippen molar-refractivity contribution in [3.63, 3.8) is 0 Å². The van der Waals surface area contributed by atoms with Gasteiger partial charge in [-0.1, -0.05) is 42.8 Å². The monoisotopic (exact) mass is 486 g/mol. The van der Waals surface area contributed by atoms with Crippen LogP contribution in [-0.2, 0) is 21.2 Å². The molecule has 1 unspecified atom stereocenters. The third-order valence-electron chi connectivity index (χ3n) is 5.31. The molecule has 1 atom stereocenters. The number of aryl methyl sites for hydroxylation is 1. The van der Waals surface area contributed by atoms with Crippen molar-refractivity contribution in [2.75, 3.05) is 18.0 Å². The van der Waals surface area contributed by atoms with E-state index in [1.165, 1.54) is 24.8 Å². The van der Waals surface area contributed by atoms with Crippen LogP contribution in [0.25, 0.3) is 0 Å². The molecule has 0 heterocycles. The second-order valence-electron chi connectivity index (χ2n) is 7.55. The summed E-state index contributed by atoms with van der Waals surface area (Å²) >= 11 is 5.98. The standard InChI is InChI=1S/C25H27ClN2O4S/c1-4-19-5-7-20(8-6-19)18(2)27-25(29)17-28(22-11-9-21(26)10-12-22)33(30,31)24-15-13-23(32-3)14-16-24/h5-16,18H,4,17H2,1-3H3,(H,27,29). The number of nitrogens with one attached hydrogen (secondary N) is 1. The average Bonchev–Trinajstić information content (AvgIpc) is 2.83. The smallest absolute Gasteiger partial charge is 0.264 e. The first-order valence-electron chi connectivity index (χ1n) is 10.5. The Balaban J connectivity index is 1.86. The van der Waals surface area contributed by atoms with Crippen molar-refractivity contribution in [3.05, 3.63) is 88.9 Å². The molecule has 0 saturated heterocycles. The Labute approximate surface area is 200 Å². The Hall–Kier alpha value is -3.03. The Morgan fingerprint density at radius 3 is 2.15 bits per heavy atom. The van der Waals surface area contributed by atoms with Gasteiger partial charge in [-0.05, 0) is 73.0 Å². The molecule has 6 nitrogen and oxygen atoms in total. The van der Waals surface area contributed by atoms with Crippen LogP contribution in [-0.4, -0.2) is 28.0 Å². The number of sulfonamides is 1. The maximum absolute atomic E-state index is 13.5. The summed E-state index contributed by atoms with van der Waals surface area (Å²) in [5.74, 6) is 0.113. The van der Waals surface area contributed by atoms with Crippen molar-refractivity contribution in [2.24, 2.45) is 0 Å². The number of carbonyl (C=O) groups excluding carboxylic acids is 1. The lowest BCUT2D eigenvalue weighted by atomic mass is 10.1. The minimum Gasteiger partial charge on any atom is -0.497 e. The van der Waals surface area contributed by atoms with Crippen LogP contribution in [0.15, 0.2) is 77.7 Å². The van der Waals surface area contributed by atoms with E-state index < -0.39 is 15.9 Å². The lowest BCUT2D eigenvalue weighted by Crippen LogP contribution is -2.41. The predicted octanol–water partition coefficient (Wildman–Crippen LogP) is 4.98. The number of halogens is 1. The molecule has 1 amide bonds. The number of amides is 1. The fourth-order valence-electron chi connectivity index (χ4n) is 3.34. The van der Waals surface area contributed by atoms with Crippen LogP contribution in [0.3, 0.4) is 0 Å². The van der Waals surface area contributed by atoms with E-state index in [2.05, 4.69) is 12.2 Å². The predicted molar refractivity (Wildman–Crippen MR) is 131 cm³/mol. The molecule has 174 valence electrons. The van der Waals surface area contributed by atoms with Gasteiger partial charge < -0.3 is 10.1 Å². The molecule has 1 N–H and O–H groups in total. The molecule has 0 aromatic heterocycles. The first-order chi connectivity index (χ1) is 15.7. The van der Waals surface area contributed by atoms with E-state index in [-0.39, 0.29) is 17.5 Å². The molecule has 3 rings (SSSR count). The van der Waals surface area contributed by atoms with Gasteiger partial charge in [0.15, 0.2) is 0 Å². The molecule has 0 radical (unpaired) electrons. The second kappa shape index (κ2) is 10.7. The van der Waals surface area contributed by atoms with E-state index in [1.54, 1.807) is 36.4 Å². The fraction of sp³-hybridized carbons (Fsp3) is 0.240. The molecule has 0 fully saturated rings. The Morgan fingerprint density at radius 1 is 1.00 bits per heavy atom. The Morgan fingerprint density at radius 2 is 1.61 bits per heavy atom. The number of ether oxygens (including phenoxy) is 1. The molecule has 0 aliphatic carbocycles. The van der Waals surface area contributed by atoms with Gasteiger partial charge in [-0.25, -0.2) is 8.42 Å². The lowest BCUT2D eigenvalue weighted by Gasteiger charge is -2.25. The quantitative estimate of drug-likeness (QED) is 0.462. The molecule has 0 saturated carbocycles. The zero-order valence-electron chi connectivity index (χ0n) is 18.8. The summed E-state index contributed by atoms with van der Waals surface area (Å²) in [6, 6.07) is 20.0. The number of methoxy groups -OCH3 is 1. The van der Waals surface area contributed by atoms with E-state index in [9.17, 15) is 13.2 Å². The normalized spacial score (nSPS) is 12.1. The summed E-state index contributed by atoms with van der Waals surface area (Å²) in [5.41, 5.74) is 2.48. The molecule has 3 aromatic carbocycles. The molecule has 33 heavy (non-hydrogen) atoms. The summed E-state index contributed by atoms with van der Waals surface area (Å²) in [6.07, 6.45) is 0.931. The van der Waals surface area contributed by atoms with Gasteiger partial charge in [0.1, 0.15) is 12.3 Å². The lowest BCUT2D eigenvalue weighted by molar-refractivity contribution is -0.120. The molecular weight excluding hydrogens is 460 g/mol. The van der Waals surface area contributed by atoms with Crippen molar-refractivity contribution in [1.29, 1.82) is 0 Å². The molecular formula is C25H27ClN2O4S. The van der Waals surface area contributed by atoms with Gasteiger partial charge in [-0.3, -0.25) is 9.10 Å². The third kappa shape index (κ3) is 6.06. The first-order valence-corrected chi connectivity index (χ1v) is 12.4. The number of carbonyl (C=O) groups is 1. The Bertz CT molecular complexity index is 1180. The van der Waals surface area contributed by atoms with Crippen molar-refractivity contribution in [3.8, 4) is 5.75 Å². The maximum Gasteiger partial charge on any atom is 0.264 e. The molecule has 0 bridgehead atoms. The maximum atomic E-state index is 13.5.